The molecule has 1 amide bonds. The van der Waals surface area contributed by atoms with E-state index in [1.807, 2.05) is 7.05 Å². The van der Waals surface area contributed by atoms with Crippen molar-refractivity contribution in [3.05, 3.63) is 0 Å². The third-order valence-electron chi connectivity index (χ3n) is 3.28. The largest absolute Gasteiger partial charge is 0.391 e. The quantitative estimate of drug-likeness (QED) is 0.561. The number of aliphatic hydroxyl groups excluding tert-OH is 1. The minimum Gasteiger partial charge on any atom is -0.391 e. The fourth-order valence-electron chi connectivity index (χ4n) is 2.24. The van der Waals surface area contributed by atoms with Crippen molar-refractivity contribution in [2.24, 2.45) is 5.92 Å². The molecule has 3 N–H and O–H groups in total. The van der Waals surface area contributed by atoms with Crippen LogP contribution in [0, 0.1) is 5.92 Å². The van der Waals surface area contributed by atoms with Gasteiger partial charge in [0.25, 0.3) is 0 Å². The summed E-state index contributed by atoms with van der Waals surface area (Å²) in [7, 11) is 1.88. The number of nitrogens with one attached hydrogen (secondary N) is 2. The smallest absolute Gasteiger partial charge is 0.220 e. The zero-order valence-electron chi connectivity index (χ0n) is 10.2. The molecular formula is C12H24N2O2. The number of hydrogen-bond acceptors (Lipinski definition) is 3. The average molecular weight is 228 g/mol. The van der Waals surface area contributed by atoms with Crippen molar-refractivity contribution in [1.82, 2.24) is 10.6 Å². The summed E-state index contributed by atoms with van der Waals surface area (Å²) >= 11 is 0. The Balaban J connectivity index is 2.06. The number of aliphatic hydroxyl groups is 1. The zero-order chi connectivity index (χ0) is 11.8. The molecule has 94 valence electrons. The highest BCUT2D eigenvalue weighted by Gasteiger charge is 2.23. The van der Waals surface area contributed by atoms with Crippen LogP contribution in [0.3, 0.4) is 0 Å². The number of carbonyl (C=O) groups excluding carboxylic acids is 1. The van der Waals surface area contributed by atoms with Crippen LogP contribution in [0.15, 0.2) is 0 Å². The van der Waals surface area contributed by atoms with E-state index in [1.165, 1.54) is 12.8 Å². The van der Waals surface area contributed by atoms with E-state index >= 15 is 0 Å². The standard InChI is InChI=1S/C12H24N2O2/c1-13-8-4-7-12(16)14-9-11(15)10-5-2-3-6-10/h10-11,13,15H,2-9H2,1H3,(H,14,16). The third-order valence-corrected chi connectivity index (χ3v) is 3.28. The van der Waals surface area contributed by atoms with Crippen LogP contribution >= 0.6 is 0 Å². The maximum absolute atomic E-state index is 11.4. The van der Waals surface area contributed by atoms with E-state index in [0.717, 1.165) is 25.8 Å². The molecule has 0 spiro atoms. The summed E-state index contributed by atoms with van der Waals surface area (Å²) in [4.78, 5) is 11.4. The molecule has 0 radical (unpaired) electrons. The summed E-state index contributed by atoms with van der Waals surface area (Å²) in [5.74, 6) is 0.449. The molecule has 0 heterocycles. The van der Waals surface area contributed by atoms with Gasteiger partial charge in [-0.3, -0.25) is 4.79 Å². The molecule has 0 aliphatic heterocycles. The van der Waals surface area contributed by atoms with E-state index in [0.29, 0.717) is 18.9 Å². The lowest BCUT2D eigenvalue weighted by Gasteiger charge is -2.17. The predicted octanol–water partition coefficient (Wildman–Crippen LogP) is 0.653. The van der Waals surface area contributed by atoms with Crippen molar-refractivity contribution in [2.45, 2.75) is 44.6 Å². The Morgan fingerprint density at radius 1 is 1.44 bits per heavy atom. The maximum atomic E-state index is 11.4. The highest BCUT2D eigenvalue weighted by atomic mass is 16.3. The fourth-order valence-corrected chi connectivity index (χ4v) is 2.24. The Labute approximate surface area is 97.8 Å². The van der Waals surface area contributed by atoms with Crippen LogP contribution in [0.2, 0.25) is 0 Å². The number of hydrogen-bond donors (Lipinski definition) is 3. The van der Waals surface area contributed by atoms with Crippen molar-refractivity contribution < 1.29 is 9.90 Å². The molecular weight excluding hydrogens is 204 g/mol. The van der Waals surface area contributed by atoms with Gasteiger partial charge in [0, 0.05) is 13.0 Å². The first kappa shape index (κ1) is 13.5. The molecule has 4 heteroatoms. The molecule has 0 aromatic heterocycles. The van der Waals surface area contributed by atoms with Crippen LogP contribution in [-0.4, -0.2) is 37.3 Å². The SMILES string of the molecule is CNCCCC(=O)NCC(O)C1CCCC1. The minimum absolute atomic E-state index is 0.0484. The van der Waals surface area contributed by atoms with E-state index in [4.69, 9.17) is 0 Å². The normalized spacial score (nSPS) is 18.6. The van der Waals surface area contributed by atoms with Gasteiger partial charge in [-0.05, 0) is 38.8 Å². The summed E-state index contributed by atoms with van der Waals surface area (Å²) in [6, 6.07) is 0. The molecule has 1 saturated carbocycles. The number of amides is 1. The minimum atomic E-state index is -0.351. The summed E-state index contributed by atoms with van der Waals surface area (Å²) in [6.45, 7) is 1.28. The van der Waals surface area contributed by atoms with E-state index in [-0.39, 0.29) is 12.0 Å². The molecule has 1 atom stereocenters. The molecule has 1 rings (SSSR count). The second-order valence-corrected chi connectivity index (χ2v) is 4.62. The monoisotopic (exact) mass is 228 g/mol. The first-order chi connectivity index (χ1) is 7.74. The van der Waals surface area contributed by atoms with Crippen LogP contribution in [0.4, 0.5) is 0 Å². The van der Waals surface area contributed by atoms with E-state index in [9.17, 15) is 9.90 Å². The average Bonchev–Trinajstić information content (AvgIpc) is 2.79. The molecule has 0 aromatic rings. The third kappa shape index (κ3) is 4.94. The summed E-state index contributed by atoms with van der Waals surface area (Å²) in [5.41, 5.74) is 0. The van der Waals surface area contributed by atoms with Crippen molar-refractivity contribution >= 4 is 5.91 Å². The molecule has 1 aliphatic carbocycles. The molecule has 1 unspecified atom stereocenters. The molecule has 0 saturated heterocycles. The topological polar surface area (TPSA) is 61.4 Å². The van der Waals surface area contributed by atoms with Gasteiger partial charge in [-0.25, -0.2) is 0 Å². The van der Waals surface area contributed by atoms with Crippen molar-refractivity contribution in [3.63, 3.8) is 0 Å². The van der Waals surface area contributed by atoms with Crippen LogP contribution in [0.1, 0.15) is 38.5 Å². The predicted molar refractivity (Wildman–Crippen MR) is 64.1 cm³/mol. The van der Waals surface area contributed by atoms with E-state index in [1.54, 1.807) is 0 Å². The van der Waals surface area contributed by atoms with Crippen molar-refractivity contribution in [3.8, 4) is 0 Å². The lowest BCUT2D eigenvalue weighted by atomic mass is 10.0. The van der Waals surface area contributed by atoms with E-state index < -0.39 is 0 Å². The molecule has 0 aromatic carbocycles. The van der Waals surface area contributed by atoms with Crippen molar-refractivity contribution in [2.75, 3.05) is 20.1 Å². The fraction of sp³-hybridized carbons (Fsp3) is 0.917. The Morgan fingerprint density at radius 2 is 2.12 bits per heavy atom. The van der Waals surface area contributed by atoms with Crippen LogP contribution in [0.25, 0.3) is 0 Å². The van der Waals surface area contributed by atoms with Gasteiger partial charge in [-0.15, -0.1) is 0 Å². The summed E-state index contributed by atoms with van der Waals surface area (Å²) in [6.07, 6.45) is 5.69. The number of rotatable bonds is 7. The van der Waals surface area contributed by atoms with E-state index in [2.05, 4.69) is 10.6 Å². The molecule has 16 heavy (non-hydrogen) atoms. The van der Waals surface area contributed by atoms with Crippen LogP contribution in [0.5, 0.6) is 0 Å². The molecule has 4 nitrogen and oxygen atoms in total. The lowest BCUT2D eigenvalue weighted by molar-refractivity contribution is -0.121. The highest BCUT2D eigenvalue weighted by Crippen LogP contribution is 2.27. The molecule has 1 aliphatic rings. The van der Waals surface area contributed by atoms with Crippen LogP contribution in [-0.2, 0) is 4.79 Å². The van der Waals surface area contributed by atoms with Crippen LogP contribution < -0.4 is 10.6 Å². The Hall–Kier alpha value is -0.610. The highest BCUT2D eigenvalue weighted by molar-refractivity contribution is 5.75. The Kier molecular flexibility index (Phi) is 6.42. The van der Waals surface area contributed by atoms with Gasteiger partial charge in [-0.1, -0.05) is 12.8 Å². The first-order valence-corrected chi connectivity index (χ1v) is 6.33. The lowest BCUT2D eigenvalue weighted by Crippen LogP contribution is -2.35. The van der Waals surface area contributed by atoms with Gasteiger partial charge in [0.1, 0.15) is 0 Å². The summed E-state index contributed by atoms with van der Waals surface area (Å²) in [5, 5.41) is 15.6. The summed E-state index contributed by atoms with van der Waals surface area (Å²) < 4.78 is 0. The van der Waals surface area contributed by atoms with Gasteiger partial charge in [0.05, 0.1) is 6.10 Å². The number of carbonyl (C=O) groups is 1. The van der Waals surface area contributed by atoms with Gasteiger partial charge >= 0.3 is 0 Å². The Morgan fingerprint density at radius 3 is 2.75 bits per heavy atom. The zero-order valence-corrected chi connectivity index (χ0v) is 10.2. The van der Waals surface area contributed by atoms with Gasteiger partial charge in [0.15, 0.2) is 0 Å². The van der Waals surface area contributed by atoms with Crippen molar-refractivity contribution in [1.29, 1.82) is 0 Å². The Bertz CT molecular complexity index is 203. The van der Waals surface area contributed by atoms with Gasteiger partial charge in [0.2, 0.25) is 5.91 Å². The van der Waals surface area contributed by atoms with Gasteiger partial charge < -0.3 is 15.7 Å². The first-order valence-electron chi connectivity index (χ1n) is 6.33. The maximum Gasteiger partial charge on any atom is 0.220 e. The van der Waals surface area contributed by atoms with Gasteiger partial charge in [-0.2, -0.15) is 0 Å². The second kappa shape index (κ2) is 7.63. The molecule has 0 bridgehead atoms. The second-order valence-electron chi connectivity index (χ2n) is 4.62. The molecule has 1 fully saturated rings.